The van der Waals surface area contributed by atoms with Gasteiger partial charge in [0.2, 0.25) is 0 Å². The number of aliphatic hydroxyl groups excluding tert-OH is 1. The van der Waals surface area contributed by atoms with Crippen molar-refractivity contribution in [3.05, 3.63) is 53.6 Å². The zero-order valence-electron chi connectivity index (χ0n) is 18.1. The lowest BCUT2D eigenvalue weighted by molar-refractivity contribution is -0.160. The van der Waals surface area contributed by atoms with E-state index in [-0.39, 0.29) is 13.2 Å². The summed E-state index contributed by atoms with van der Waals surface area (Å²) in [6.07, 6.45) is 3.07. The predicted octanol–water partition coefficient (Wildman–Crippen LogP) is 2.93. The van der Waals surface area contributed by atoms with Crippen molar-refractivity contribution >= 4 is 23.9 Å². The van der Waals surface area contributed by atoms with Crippen LogP contribution in [0.15, 0.2) is 42.5 Å². The molecule has 1 aliphatic rings. The monoisotopic (exact) mass is 448 g/mol. The number of pyridine rings is 1. The molecule has 4 N–H and O–H groups in total. The number of nitrogens with zero attached hydrogens (tertiary/aromatic N) is 2. The van der Waals surface area contributed by atoms with Crippen LogP contribution < -0.4 is 15.4 Å². The molecule has 1 fully saturated rings. The Morgan fingerprint density at radius 1 is 1.26 bits per heavy atom. The van der Waals surface area contributed by atoms with Gasteiger partial charge in [0.05, 0.1) is 32.5 Å². The highest BCUT2D eigenvalue weighted by Gasteiger charge is 2.25. The van der Waals surface area contributed by atoms with Crippen molar-refractivity contribution < 1.29 is 19.1 Å². The largest absolute Gasteiger partial charge is 0.394 e. The van der Waals surface area contributed by atoms with Crippen LogP contribution in [0.25, 0.3) is 0 Å². The standard InChI is InChI=1S/C22H32N4O4S/c1-26(31-30-28-2)21-11-19(10-20(25-21)24-13-18-8-9-18)14-29-16-22(23,15-27)12-17-6-4-3-5-7-17/h3-7,10-11,18,27H,8-9,12-16,23H2,1-2H3,(H,24,25). The quantitative estimate of drug-likeness (QED) is 0.174. The Balaban J connectivity index is 1.63. The summed E-state index contributed by atoms with van der Waals surface area (Å²) in [6.45, 7) is 1.34. The van der Waals surface area contributed by atoms with Crippen molar-refractivity contribution in [2.45, 2.75) is 31.4 Å². The molecule has 31 heavy (non-hydrogen) atoms. The maximum absolute atomic E-state index is 9.85. The lowest BCUT2D eigenvalue weighted by Crippen LogP contribution is -2.50. The van der Waals surface area contributed by atoms with Crippen LogP contribution in [0.5, 0.6) is 0 Å². The summed E-state index contributed by atoms with van der Waals surface area (Å²) in [5.74, 6) is 2.24. The van der Waals surface area contributed by atoms with Crippen LogP contribution in [-0.2, 0) is 27.0 Å². The summed E-state index contributed by atoms with van der Waals surface area (Å²) in [7, 11) is 3.30. The highest BCUT2D eigenvalue weighted by Crippen LogP contribution is 2.29. The number of nitrogens with two attached hydrogens (primary N) is 1. The molecule has 0 saturated heterocycles. The Morgan fingerprint density at radius 2 is 2.03 bits per heavy atom. The molecule has 1 unspecified atom stereocenters. The topological polar surface area (TPSA) is 102 Å². The molecule has 1 atom stereocenters. The van der Waals surface area contributed by atoms with E-state index in [1.807, 2.05) is 49.5 Å². The van der Waals surface area contributed by atoms with Gasteiger partial charge in [0, 0.05) is 13.6 Å². The van der Waals surface area contributed by atoms with Crippen LogP contribution in [0.1, 0.15) is 24.0 Å². The second-order valence-corrected chi connectivity index (χ2v) is 8.86. The lowest BCUT2D eigenvalue weighted by atomic mass is 9.93. The Hall–Kier alpha value is -1.88. The second kappa shape index (κ2) is 11.7. The summed E-state index contributed by atoms with van der Waals surface area (Å²) < 4.78 is 12.6. The normalized spacial score (nSPS) is 15.5. The van der Waals surface area contributed by atoms with Crippen LogP contribution >= 0.6 is 12.2 Å². The molecule has 1 aromatic heterocycles. The molecule has 0 aliphatic heterocycles. The number of aromatic nitrogens is 1. The molecule has 0 radical (unpaired) electrons. The number of nitrogens with one attached hydrogen (secondary N) is 1. The first-order chi connectivity index (χ1) is 15.0. The molecule has 8 nitrogen and oxygen atoms in total. The number of anilines is 2. The van der Waals surface area contributed by atoms with Gasteiger partial charge in [0.25, 0.3) is 0 Å². The molecule has 0 bridgehead atoms. The van der Waals surface area contributed by atoms with Gasteiger partial charge in [-0.05, 0) is 48.4 Å². The number of ether oxygens (including phenoxy) is 1. The minimum atomic E-state index is -0.844. The fraction of sp³-hybridized carbons (Fsp3) is 0.500. The van der Waals surface area contributed by atoms with Crippen molar-refractivity contribution in [1.29, 1.82) is 0 Å². The molecule has 1 aromatic carbocycles. The Kier molecular flexibility index (Phi) is 8.94. The molecule has 9 heteroatoms. The number of hydrogen-bond acceptors (Lipinski definition) is 9. The fourth-order valence-electron chi connectivity index (χ4n) is 3.12. The van der Waals surface area contributed by atoms with Crippen LogP contribution in [0.4, 0.5) is 11.6 Å². The molecular formula is C22H32N4O4S. The van der Waals surface area contributed by atoms with E-state index in [1.165, 1.54) is 20.0 Å². The van der Waals surface area contributed by atoms with E-state index in [9.17, 15) is 5.11 Å². The zero-order valence-corrected chi connectivity index (χ0v) is 18.9. The molecule has 1 saturated carbocycles. The first-order valence-corrected chi connectivity index (χ1v) is 11.1. The first-order valence-electron chi connectivity index (χ1n) is 10.4. The molecule has 0 spiro atoms. The van der Waals surface area contributed by atoms with E-state index in [1.54, 1.807) is 4.31 Å². The van der Waals surface area contributed by atoms with Crippen molar-refractivity contribution in [2.75, 3.05) is 43.5 Å². The summed E-state index contributed by atoms with van der Waals surface area (Å²) in [5.41, 5.74) is 7.58. The van der Waals surface area contributed by atoms with Gasteiger partial charge in [0.15, 0.2) is 12.2 Å². The van der Waals surface area contributed by atoms with Crippen LogP contribution in [-0.4, -0.2) is 49.5 Å². The summed E-state index contributed by atoms with van der Waals surface area (Å²) in [4.78, 5) is 9.31. The van der Waals surface area contributed by atoms with Gasteiger partial charge < -0.3 is 20.9 Å². The molecule has 3 rings (SSSR count). The van der Waals surface area contributed by atoms with Crippen LogP contribution in [0.3, 0.4) is 0 Å². The maximum Gasteiger partial charge on any atom is 0.152 e. The van der Waals surface area contributed by atoms with E-state index in [4.69, 9.17) is 14.8 Å². The number of hydrogen-bond donors (Lipinski definition) is 3. The van der Waals surface area contributed by atoms with Gasteiger partial charge in [-0.25, -0.2) is 9.87 Å². The van der Waals surface area contributed by atoms with Gasteiger partial charge >= 0.3 is 0 Å². The van der Waals surface area contributed by atoms with Gasteiger partial charge in [0.1, 0.15) is 11.6 Å². The first kappa shape index (κ1) is 23.8. The third kappa shape index (κ3) is 7.95. The molecule has 0 amide bonds. The molecule has 1 aliphatic carbocycles. The summed E-state index contributed by atoms with van der Waals surface area (Å²) >= 11 is 1.04. The average molecular weight is 449 g/mol. The van der Waals surface area contributed by atoms with E-state index >= 15 is 0 Å². The summed E-state index contributed by atoms with van der Waals surface area (Å²) in [5, 5.41) is 13.3. The molecule has 1 heterocycles. The Morgan fingerprint density at radius 3 is 2.71 bits per heavy atom. The highest BCUT2D eigenvalue weighted by molar-refractivity contribution is 7.95. The minimum absolute atomic E-state index is 0.161. The average Bonchev–Trinajstić information content (AvgIpc) is 3.61. The lowest BCUT2D eigenvalue weighted by Gasteiger charge is -2.27. The van der Waals surface area contributed by atoms with E-state index in [0.29, 0.717) is 18.8 Å². The zero-order chi connectivity index (χ0) is 22.1. The van der Waals surface area contributed by atoms with E-state index in [0.717, 1.165) is 41.6 Å². The van der Waals surface area contributed by atoms with Crippen LogP contribution in [0, 0.1) is 5.92 Å². The number of rotatable bonds is 14. The van der Waals surface area contributed by atoms with Crippen LogP contribution in [0.2, 0.25) is 0 Å². The van der Waals surface area contributed by atoms with Crippen molar-refractivity contribution in [2.24, 2.45) is 11.7 Å². The Bertz CT molecular complexity index is 809. The molecule has 2 aromatic rings. The number of aliphatic hydroxyl groups is 1. The fourth-order valence-corrected chi connectivity index (χ4v) is 3.44. The van der Waals surface area contributed by atoms with Gasteiger partial charge in [-0.2, -0.15) is 0 Å². The molecular weight excluding hydrogens is 416 g/mol. The predicted molar refractivity (Wildman–Crippen MR) is 123 cm³/mol. The Labute approximate surface area is 188 Å². The summed E-state index contributed by atoms with van der Waals surface area (Å²) in [6, 6.07) is 13.8. The van der Waals surface area contributed by atoms with Crippen molar-refractivity contribution in [1.82, 2.24) is 4.98 Å². The molecule has 170 valence electrons. The van der Waals surface area contributed by atoms with Gasteiger partial charge in [-0.15, -0.1) is 4.33 Å². The minimum Gasteiger partial charge on any atom is -0.394 e. The SMILES string of the molecule is COOSN(C)c1cc(COCC(N)(CO)Cc2ccccc2)cc(NCC2CC2)n1. The van der Waals surface area contributed by atoms with E-state index in [2.05, 4.69) is 15.2 Å². The van der Waals surface area contributed by atoms with Gasteiger partial charge in [-0.3, -0.25) is 4.31 Å². The van der Waals surface area contributed by atoms with Crippen molar-refractivity contribution in [3.63, 3.8) is 0 Å². The van der Waals surface area contributed by atoms with Crippen molar-refractivity contribution in [3.8, 4) is 0 Å². The maximum atomic E-state index is 9.85. The highest BCUT2D eigenvalue weighted by atomic mass is 32.2. The number of benzene rings is 1. The smallest absolute Gasteiger partial charge is 0.152 e. The van der Waals surface area contributed by atoms with E-state index < -0.39 is 5.54 Å². The third-order valence-corrected chi connectivity index (χ3v) is 5.65. The second-order valence-electron chi connectivity index (χ2n) is 8.03. The van der Waals surface area contributed by atoms with Gasteiger partial charge in [-0.1, -0.05) is 30.3 Å². The third-order valence-electron chi connectivity index (χ3n) is 5.05.